The summed E-state index contributed by atoms with van der Waals surface area (Å²) in [7, 11) is -3.20. The van der Waals surface area contributed by atoms with Crippen molar-refractivity contribution in [1.29, 1.82) is 0 Å². The summed E-state index contributed by atoms with van der Waals surface area (Å²) < 4.78 is 20.5. The number of hydrogen-bond donors (Lipinski definition) is 1. The quantitative estimate of drug-likeness (QED) is 0.800. The summed E-state index contributed by atoms with van der Waals surface area (Å²) in [5, 5.41) is 0. The van der Waals surface area contributed by atoms with E-state index in [1.54, 1.807) is 12.1 Å². The van der Waals surface area contributed by atoms with Gasteiger partial charge in [0, 0.05) is 11.2 Å². The molecule has 0 spiro atoms. The van der Waals surface area contributed by atoms with Crippen molar-refractivity contribution in [1.82, 2.24) is 0 Å². The van der Waals surface area contributed by atoms with Gasteiger partial charge < -0.3 is 4.55 Å². The monoisotopic (exact) mass is 228 g/mol. The van der Waals surface area contributed by atoms with Gasteiger partial charge in [-0.3, -0.25) is 0 Å². The Kier molecular flexibility index (Phi) is 2.60. The molecule has 76 valence electrons. The third kappa shape index (κ3) is 1.97. The molecule has 0 saturated carbocycles. The molecule has 4 heteroatoms. The van der Waals surface area contributed by atoms with Gasteiger partial charge >= 0.3 is 0 Å². The second-order valence-corrected chi connectivity index (χ2v) is 6.39. The fraction of sp³-hybridized carbons (Fsp3) is 0.400. The Balaban J connectivity index is 2.49. The van der Waals surface area contributed by atoms with Crippen molar-refractivity contribution in [3.63, 3.8) is 0 Å². The molecule has 1 aliphatic rings. The second kappa shape index (κ2) is 3.61. The van der Waals surface area contributed by atoms with Gasteiger partial charge in [0.25, 0.3) is 0 Å². The summed E-state index contributed by atoms with van der Waals surface area (Å²) in [4.78, 5) is 0.383. The summed E-state index contributed by atoms with van der Waals surface area (Å²) in [6.07, 6.45) is 4.48. The van der Waals surface area contributed by atoms with Crippen molar-refractivity contribution in [2.75, 3.05) is 0 Å². The summed E-state index contributed by atoms with van der Waals surface area (Å²) in [6, 6.07) is 5.41. The van der Waals surface area contributed by atoms with Crippen LogP contribution in [0, 0.1) is 0 Å². The van der Waals surface area contributed by atoms with Crippen LogP contribution in [0.3, 0.4) is 0 Å². The zero-order valence-corrected chi connectivity index (χ0v) is 9.37. The van der Waals surface area contributed by atoms with E-state index in [0.29, 0.717) is 4.90 Å². The van der Waals surface area contributed by atoms with Crippen LogP contribution in [0.5, 0.6) is 0 Å². The molecular weight excluding hydrogens is 216 g/mol. The second-order valence-electron chi connectivity index (χ2n) is 3.61. The highest BCUT2D eigenvalue weighted by Gasteiger charge is 2.12. The average molecular weight is 228 g/mol. The smallest absolute Gasteiger partial charge is 0.171 e. The third-order valence-electron chi connectivity index (χ3n) is 2.62. The summed E-state index contributed by atoms with van der Waals surface area (Å²) >= 11 is 4.54. The molecular formula is C10H12O2S2. The molecule has 0 bridgehead atoms. The van der Waals surface area contributed by atoms with Gasteiger partial charge in [0.2, 0.25) is 0 Å². The normalized spacial score (nSPS) is 19.8. The van der Waals surface area contributed by atoms with E-state index in [-0.39, 0.29) is 0 Å². The molecule has 1 atom stereocenters. The lowest BCUT2D eigenvalue weighted by atomic mass is 9.92. The summed E-state index contributed by atoms with van der Waals surface area (Å²) in [6.45, 7) is 0. The van der Waals surface area contributed by atoms with Gasteiger partial charge in [0.15, 0.2) is 8.77 Å². The zero-order chi connectivity index (χ0) is 10.2. The Morgan fingerprint density at radius 3 is 2.50 bits per heavy atom. The Morgan fingerprint density at radius 1 is 1.21 bits per heavy atom. The van der Waals surface area contributed by atoms with Gasteiger partial charge in [-0.05, 0) is 48.9 Å². The minimum Gasteiger partial charge on any atom is -0.302 e. The Bertz CT molecular complexity index is 449. The molecule has 0 saturated heterocycles. The van der Waals surface area contributed by atoms with Crippen molar-refractivity contribution in [2.45, 2.75) is 30.6 Å². The van der Waals surface area contributed by atoms with E-state index < -0.39 is 8.77 Å². The highest BCUT2D eigenvalue weighted by Crippen LogP contribution is 2.23. The van der Waals surface area contributed by atoms with Crippen LogP contribution in [0.15, 0.2) is 23.1 Å². The molecule has 0 amide bonds. The molecule has 0 aromatic heterocycles. The lowest BCUT2D eigenvalue weighted by Gasteiger charge is -2.16. The van der Waals surface area contributed by atoms with Gasteiger partial charge in [-0.25, -0.2) is 4.21 Å². The fourth-order valence-electron chi connectivity index (χ4n) is 1.87. The van der Waals surface area contributed by atoms with Gasteiger partial charge in [0.1, 0.15) is 0 Å². The highest BCUT2D eigenvalue weighted by atomic mass is 32.8. The van der Waals surface area contributed by atoms with Crippen LogP contribution in [-0.2, 0) is 32.8 Å². The Hall–Kier alpha value is -0.450. The minimum absolute atomic E-state index is 0.383. The van der Waals surface area contributed by atoms with E-state index >= 15 is 0 Å². The molecule has 2 nitrogen and oxygen atoms in total. The predicted octanol–water partition coefficient (Wildman–Crippen LogP) is 2.14. The predicted molar refractivity (Wildman–Crippen MR) is 59.5 cm³/mol. The lowest BCUT2D eigenvalue weighted by molar-refractivity contribution is 0.561. The van der Waals surface area contributed by atoms with Crippen LogP contribution in [-0.4, -0.2) is 8.76 Å². The largest absolute Gasteiger partial charge is 0.302 e. The van der Waals surface area contributed by atoms with E-state index in [4.69, 9.17) is 0 Å². The number of hydrogen-bond acceptors (Lipinski definition) is 2. The molecule has 1 aliphatic carbocycles. The molecule has 2 rings (SSSR count). The van der Waals surface area contributed by atoms with Gasteiger partial charge in [-0.2, -0.15) is 0 Å². The SMILES string of the molecule is O=S(O)(=S)c1ccc2c(c1)CCCC2. The Labute approximate surface area is 88.8 Å². The maximum absolute atomic E-state index is 11.2. The van der Waals surface area contributed by atoms with Crippen molar-refractivity contribution < 1.29 is 8.76 Å². The molecule has 14 heavy (non-hydrogen) atoms. The molecule has 0 radical (unpaired) electrons. The van der Waals surface area contributed by atoms with Crippen molar-refractivity contribution in [2.24, 2.45) is 0 Å². The first kappa shape index (κ1) is 10.1. The number of fused-ring (bicyclic) bond motifs is 1. The van der Waals surface area contributed by atoms with Crippen molar-refractivity contribution in [3.05, 3.63) is 29.3 Å². The number of benzene rings is 1. The van der Waals surface area contributed by atoms with Gasteiger partial charge in [-0.1, -0.05) is 6.07 Å². The fourth-order valence-corrected chi connectivity index (χ4v) is 2.71. The first-order valence-corrected chi connectivity index (χ1v) is 7.11. The molecule has 0 heterocycles. The lowest BCUT2D eigenvalue weighted by Crippen LogP contribution is -2.05. The zero-order valence-electron chi connectivity index (χ0n) is 7.73. The third-order valence-corrected chi connectivity index (χ3v) is 4.04. The van der Waals surface area contributed by atoms with E-state index in [9.17, 15) is 8.76 Å². The number of rotatable bonds is 1. The summed E-state index contributed by atoms with van der Waals surface area (Å²) in [5.74, 6) is 0. The van der Waals surface area contributed by atoms with Crippen LogP contribution in [0.4, 0.5) is 0 Å². The topological polar surface area (TPSA) is 37.3 Å². The average Bonchev–Trinajstić information content (AvgIpc) is 2.16. The maximum atomic E-state index is 11.2. The van der Waals surface area contributed by atoms with Crippen LogP contribution in [0.2, 0.25) is 0 Å². The van der Waals surface area contributed by atoms with Crippen LogP contribution in [0.25, 0.3) is 0 Å². The Morgan fingerprint density at radius 2 is 1.86 bits per heavy atom. The van der Waals surface area contributed by atoms with E-state index in [2.05, 4.69) is 11.2 Å². The van der Waals surface area contributed by atoms with Crippen LogP contribution in [0.1, 0.15) is 24.0 Å². The maximum Gasteiger partial charge on any atom is 0.171 e. The van der Waals surface area contributed by atoms with Crippen LogP contribution < -0.4 is 0 Å². The molecule has 1 aromatic rings. The van der Waals surface area contributed by atoms with Crippen molar-refractivity contribution >= 4 is 20.0 Å². The van der Waals surface area contributed by atoms with E-state index in [1.807, 2.05) is 6.07 Å². The number of aryl methyl sites for hydroxylation is 2. The highest BCUT2D eigenvalue weighted by molar-refractivity contribution is 8.29. The first-order chi connectivity index (χ1) is 6.57. The van der Waals surface area contributed by atoms with Gasteiger partial charge in [0.05, 0.1) is 4.90 Å². The van der Waals surface area contributed by atoms with Gasteiger partial charge in [-0.15, -0.1) is 0 Å². The molecule has 1 aromatic carbocycles. The summed E-state index contributed by atoms with van der Waals surface area (Å²) in [5.41, 5.74) is 2.50. The molecule has 0 fully saturated rings. The van der Waals surface area contributed by atoms with E-state index in [0.717, 1.165) is 12.8 Å². The van der Waals surface area contributed by atoms with E-state index in [1.165, 1.54) is 24.0 Å². The van der Waals surface area contributed by atoms with Crippen LogP contribution >= 0.6 is 0 Å². The minimum atomic E-state index is -3.20. The standard InChI is InChI=1S/C10H12O2S2/c11-14(12,13)10-6-5-8-3-1-2-4-9(8)7-10/h5-7H,1-4H2,(H,11,12,13). The molecule has 0 aliphatic heterocycles. The van der Waals surface area contributed by atoms with Crippen molar-refractivity contribution in [3.8, 4) is 0 Å². The molecule has 1 unspecified atom stereocenters. The molecule has 1 N–H and O–H groups in total. The first-order valence-electron chi connectivity index (χ1n) is 4.67.